The number of benzene rings is 1. The first kappa shape index (κ1) is 12.3. The van der Waals surface area contributed by atoms with E-state index in [-0.39, 0.29) is 0 Å². The van der Waals surface area contributed by atoms with E-state index in [1.54, 1.807) is 0 Å². The Morgan fingerprint density at radius 3 is 2.78 bits per heavy atom. The predicted molar refractivity (Wildman–Crippen MR) is 77.7 cm³/mol. The normalized spacial score (nSPS) is 13.9. The molecule has 6 heteroatoms. The van der Waals surface area contributed by atoms with E-state index in [0.29, 0.717) is 15.9 Å². The van der Waals surface area contributed by atoms with Crippen LogP contribution in [0.15, 0.2) is 16.6 Å². The first-order valence-electron chi connectivity index (χ1n) is 5.59. The molecule has 0 spiro atoms. The third-order valence-corrected chi connectivity index (χ3v) is 4.97. The maximum absolute atomic E-state index is 6.28. The molecule has 1 aliphatic rings. The van der Waals surface area contributed by atoms with Crippen molar-refractivity contribution in [2.45, 2.75) is 19.3 Å². The first-order valence-corrected chi connectivity index (χ1v) is 7.14. The Hall–Kier alpha value is -0.710. The van der Waals surface area contributed by atoms with Gasteiger partial charge in [0.15, 0.2) is 0 Å². The first-order chi connectivity index (χ1) is 8.59. The molecule has 0 saturated carbocycles. The van der Waals surface area contributed by atoms with Crippen LogP contribution in [0.25, 0.3) is 5.69 Å². The van der Waals surface area contributed by atoms with Crippen LogP contribution < -0.4 is 5.73 Å². The van der Waals surface area contributed by atoms with Crippen molar-refractivity contribution < 1.29 is 0 Å². The molecule has 0 unspecified atom stereocenters. The number of aromatic nitrogens is 2. The van der Waals surface area contributed by atoms with Crippen LogP contribution in [0.2, 0.25) is 10.0 Å². The van der Waals surface area contributed by atoms with Crippen LogP contribution in [0.1, 0.15) is 17.7 Å². The molecule has 1 aliphatic carbocycles. The van der Waals surface area contributed by atoms with Crippen LogP contribution in [-0.4, -0.2) is 9.78 Å². The number of nitrogens with two attached hydrogens (primary N) is 1. The van der Waals surface area contributed by atoms with Gasteiger partial charge in [0, 0.05) is 15.7 Å². The number of hydrogen-bond acceptors (Lipinski definition) is 2. The van der Waals surface area contributed by atoms with Crippen molar-refractivity contribution in [1.82, 2.24) is 9.78 Å². The lowest BCUT2D eigenvalue weighted by atomic mass is 10.2. The molecule has 3 nitrogen and oxygen atoms in total. The number of rotatable bonds is 1. The highest BCUT2D eigenvalue weighted by atomic mass is 79.9. The fourth-order valence-corrected chi connectivity index (χ4v) is 3.19. The lowest BCUT2D eigenvalue weighted by molar-refractivity contribution is 0.788. The van der Waals surface area contributed by atoms with E-state index in [1.807, 2.05) is 16.8 Å². The number of hydrogen-bond donors (Lipinski definition) is 1. The summed E-state index contributed by atoms with van der Waals surface area (Å²) in [4.78, 5) is 0. The highest BCUT2D eigenvalue weighted by Gasteiger charge is 2.23. The standard InChI is InChI=1S/C12H10BrCl2N3/c13-7-4-5-9(11(15)10(7)14)18-8-3-1-2-6(8)12(16)17-18/h4-5H,1-3H2,(H2,16,17). The van der Waals surface area contributed by atoms with Crippen molar-refractivity contribution >= 4 is 44.9 Å². The zero-order valence-corrected chi connectivity index (χ0v) is 12.5. The van der Waals surface area contributed by atoms with E-state index < -0.39 is 0 Å². The second-order valence-corrected chi connectivity index (χ2v) is 5.88. The quantitative estimate of drug-likeness (QED) is 0.793. The molecule has 1 aromatic carbocycles. The number of nitrogen functional groups attached to an aromatic ring is 1. The summed E-state index contributed by atoms with van der Waals surface area (Å²) in [5.41, 5.74) is 9.00. The van der Waals surface area contributed by atoms with Gasteiger partial charge in [-0.05, 0) is 47.3 Å². The van der Waals surface area contributed by atoms with Crippen LogP contribution in [0, 0.1) is 0 Å². The fourth-order valence-electron chi connectivity index (χ4n) is 2.34. The van der Waals surface area contributed by atoms with Gasteiger partial charge in [0.25, 0.3) is 0 Å². The summed E-state index contributed by atoms with van der Waals surface area (Å²) in [6.45, 7) is 0. The Kier molecular flexibility index (Phi) is 3.04. The summed E-state index contributed by atoms with van der Waals surface area (Å²) in [6.07, 6.45) is 3.08. The van der Waals surface area contributed by atoms with Crippen molar-refractivity contribution in [3.63, 3.8) is 0 Å². The molecule has 94 valence electrons. The van der Waals surface area contributed by atoms with E-state index in [0.717, 1.165) is 40.7 Å². The zero-order chi connectivity index (χ0) is 12.9. The summed E-state index contributed by atoms with van der Waals surface area (Å²) < 4.78 is 2.59. The molecule has 0 amide bonds. The molecule has 0 atom stereocenters. The van der Waals surface area contributed by atoms with Gasteiger partial charge in [0.2, 0.25) is 0 Å². The molecule has 1 heterocycles. The second kappa shape index (κ2) is 4.44. The van der Waals surface area contributed by atoms with E-state index >= 15 is 0 Å². The smallest absolute Gasteiger partial charge is 0.149 e. The molecule has 18 heavy (non-hydrogen) atoms. The number of fused-ring (bicyclic) bond motifs is 1. The van der Waals surface area contributed by atoms with Crippen molar-refractivity contribution in [2.75, 3.05) is 5.73 Å². The van der Waals surface area contributed by atoms with Crippen molar-refractivity contribution in [3.05, 3.63) is 37.9 Å². The average Bonchev–Trinajstić information content (AvgIpc) is 2.92. The van der Waals surface area contributed by atoms with Gasteiger partial charge in [-0.15, -0.1) is 0 Å². The molecule has 0 radical (unpaired) electrons. The Balaban J connectivity index is 2.22. The van der Waals surface area contributed by atoms with E-state index in [1.165, 1.54) is 0 Å². The SMILES string of the molecule is Nc1nn(-c2ccc(Br)c(Cl)c2Cl)c2c1CCC2. The molecule has 0 aliphatic heterocycles. The van der Waals surface area contributed by atoms with Crippen LogP contribution in [0.4, 0.5) is 5.82 Å². The zero-order valence-electron chi connectivity index (χ0n) is 9.38. The molecular formula is C12H10BrCl2N3. The van der Waals surface area contributed by atoms with Crippen LogP contribution in [0.5, 0.6) is 0 Å². The summed E-state index contributed by atoms with van der Waals surface area (Å²) in [5.74, 6) is 0.595. The maximum atomic E-state index is 6.28. The third-order valence-electron chi connectivity index (χ3n) is 3.20. The molecule has 3 rings (SSSR count). The van der Waals surface area contributed by atoms with Crippen LogP contribution in [-0.2, 0) is 12.8 Å². The Morgan fingerprint density at radius 1 is 1.22 bits per heavy atom. The summed E-state index contributed by atoms with van der Waals surface area (Å²) in [7, 11) is 0. The summed E-state index contributed by atoms with van der Waals surface area (Å²) >= 11 is 15.8. The van der Waals surface area contributed by atoms with E-state index in [4.69, 9.17) is 28.9 Å². The van der Waals surface area contributed by atoms with Gasteiger partial charge in [-0.1, -0.05) is 23.2 Å². The molecule has 2 aromatic rings. The Labute approximate surface area is 123 Å². The Bertz CT molecular complexity index is 637. The van der Waals surface area contributed by atoms with Gasteiger partial charge in [-0.3, -0.25) is 0 Å². The van der Waals surface area contributed by atoms with E-state index in [9.17, 15) is 0 Å². The minimum Gasteiger partial charge on any atom is -0.382 e. The van der Waals surface area contributed by atoms with Crippen molar-refractivity contribution in [1.29, 1.82) is 0 Å². The number of nitrogens with zero attached hydrogens (tertiary/aromatic N) is 2. The molecule has 2 N–H and O–H groups in total. The third kappa shape index (κ3) is 1.75. The number of halogens is 3. The molecular weight excluding hydrogens is 337 g/mol. The fraction of sp³-hybridized carbons (Fsp3) is 0.250. The minimum atomic E-state index is 0.489. The lowest BCUT2D eigenvalue weighted by Crippen LogP contribution is -2.03. The average molecular weight is 347 g/mol. The maximum Gasteiger partial charge on any atom is 0.149 e. The van der Waals surface area contributed by atoms with Crippen LogP contribution >= 0.6 is 39.1 Å². The lowest BCUT2D eigenvalue weighted by Gasteiger charge is -2.09. The highest BCUT2D eigenvalue weighted by molar-refractivity contribution is 9.10. The van der Waals surface area contributed by atoms with Gasteiger partial charge < -0.3 is 5.73 Å². The summed E-state index contributed by atoms with van der Waals surface area (Å²) in [5, 5.41) is 5.35. The number of anilines is 1. The predicted octanol–water partition coefficient (Wildman–Crippen LogP) is 4.01. The Morgan fingerprint density at radius 2 is 2.00 bits per heavy atom. The van der Waals surface area contributed by atoms with Crippen molar-refractivity contribution in [2.24, 2.45) is 0 Å². The van der Waals surface area contributed by atoms with Crippen LogP contribution in [0.3, 0.4) is 0 Å². The monoisotopic (exact) mass is 345 g/mol. The topological polar surface area (TPSA) is 43.8 Å². The molecule has 0 fully saturated rings. The summed E-state index contributed by atoms with van der Waals surface area (Å²) in [6, 6.07) is 3.76. The van der Waals surface area contributed by atoms with Gasteiger partial charge in [0.05, 0.1) is 15.7 Å². The van der Waals surface area contributed by atoms with Gasteiger partial charge in [-0.2, -0.15) is 5.10 Å². The molecule has 0 bridgehead atoms. The van der Waals surface area contributed by atoms with Gasteiger partial charge in [-0.25, -0.2) is 4.68 Å². The van der Waals surface area contributed by atoms with Gasteiger partial charge >= 0.3 is 0 Å². The second-order valence-electron chi connectivity index (χ2n) is 4.27. The van der Waals surface area contributed by atoms with E-state index in [2.05, 4.69) is 21.0 Å². The minimum absolute atomic E-state index is 0.489. The van der Waals surface area contributed by atoms with Gasteiger partial charge in [0.1, 0.15) is 5.82 Å². The van der Waals surface area contributed by atoms with Crippen molar-refractivity contribution in [3.8, 4) is 5.69 Å². The molecule has 1 aromatic heterocycles. The molecule has 0 saturated heterocycles. The highest BCUT2D eigenvalue weighted by Crippen LogP contribution is 2.37. The largest absolute Gasteiger partial charge is 0.382 e.